The summed E-state index contributed by atoms with van der Waals surface area (Å²) in [5.74, 6) is 1.55. The molecular formula is C17H16N2O. The van der Waals surface area contributed by atoms with Crippen LogP contribution in [0, 0.1) is 6.92 Å². The van der Waals surface area contributed by atoms with E-state index in [4.69, 9.17) is 10.2 Å². The number of nitrogen functional groups attached to an aromatic ring is 1. The number of hydrogen-bond acceptors (Lipinski definition) is 3. The molecule has 0 saturated heterocycles. The van der Waals surface area contributed by atoms with E-state index in [0.29, 0.717) is 6.42 Å². The van der Waals surface area contributed by atoms with E-state index in [9.17, 15) is 0 Å². The molecule has 2 N–H and O–H groups in total. The minimum atomic E-state index is 0.698. The van der Waals surface area contributed by atoms with Crippen molar-refractivity contribution in [2.24, 2.45) is 0 Å². The third-order valence-corrected chi connectivity index (χ3v) is 3.20. The quantitative estimate of drug-likeness (QED) is 0.731. The first-order valence-corrected chi connectivity index (χ1v) is 6.58. The number of hydrogen-bond donors (Lipinski definition) is 1. The number of aryl methyl sites for hydroxylation is 1. The van der Waals surface area contributed by atoms with Crippen LogP contribution in [-0.2, 0) is 6.42 Å². The monoisotopic (exact) mass is 264 g/mol. The summed E-state index contributed by atoms with van der Waals surface area (Å²) in [5, 5.41) is 0. The average Bonchev–Trinajstić information content (AvgIpc) is 2.81. The molecule has 0 unspecified atom stereocenters. The van der Waals surface area contributed by atoms with E-state index in [1.54, 1.807) is 0 Å². The lowest BCUT2D eigenvalue weighted by Gasteiger charge is -1.98. The van der Waals surface area contributed by atoms with Gasteiger partial charge in [0.15, 0.2) is 5.89 Å². The standard InChI is InChI=1S/C17H16N2O/c1-12-17(14-8-5-9-15(18)11-14)19-16(20-12)10-13-6-3-2-4-7-13/h2-9,11H,10,18H2,1H3. The zero-order valence-electron chi connectivity index (χ0n) is 11.3. The first kappa shape index (κ1) is 12.5. The number of nitrogens with zero attached hydrogens (tertiary/aromatic N) is 1. The summed E-state index contributed by atoms with van der Waals surface area (Å²) in [6, 6.07) is 17.9. The van der Waals surface area contributed by atoms with Gasteiger partial charge in [-0.15, -0.1) is 0 Å². The fourth-order valence-electron chi connectivity index (χ4n) is 2.25. The van der Waals surface area contributed by atoms with Crippen LogP contribution in [0.1, 0.15) is 17.2 Å². The molecule has 3 heteroatoms. The van der Waals surface area contributed by atoms with Gasteiger partial charge < -0.3 is 10.2 Å². The molecule has 1 aromatic heterocycles. The van der Waals surface area contributed by atoms with E-state index in [2.05, 4.69) is 17.1 Å². The molecule has 0 bridgehead atoms. The molecule has 1 heterocycles. The van der Waals surface area contributed by atoms with Crippen molar-refractivity contribution in [2.75, 3.05) is 5.73 Å². The van der Waals surface area contributed by atoms with Gasteiger partial charge in [-0.25, -0.2) is 4.98 Å². The normalized spacial score (nSPS) is 10.7. The summed E-state index contributed by atoms with van der Waals surface area (Å²) < 4.78 is 5.76. The molecule has 0 amide bonds. The Bertz CT molecular complexity index is 717. The van der Waals surface area contributed by atoms with Gasteiger partial charge in [0, 0.05) is 17.7 Å². The van der Waals surface area contributed by atoms with Crippen LogP contribution in [0.25, 0.3) is 11.3 Å². The molecule has 2 aromatic carbocycles. The van der Waals surface area contributed by atoms with Crippen molar-refractivity contribution in [1.82, 2.24) is 4.98 Å². The zero-order chi connectivity index (χ0) is 13.9. The highest BCUT2D eigenvalue weighted by Crippen LogP contribution is 2.25. The van der Waals surface area contributed by atoms with Crippen molar-refractivity contribution in [3.8, 4) is 11.3 Å². The molecule has 0 saturated carbocycles. The first-order chi connectivity index (χ1) is 9.72. The Morgan fingerprint density at radius 1 is 1.05 bits per heavy atom. The van der Waals surface area contributed by atoms with Gasteiger partial charge in [0.05, 0.1) is 0 Å². The van der Waals surface area contributed by atoms with Crippen LogP contribution in [0.15, 0.2) is 59.0 Å². The number of aromatic nitrogens is 1. The van der Waals surface area contributed by atoms with E-state index >= 15 is 0 Å². The van der Waals surface area contributed by atoms with Crippen molar-refractivity contribution < 1.29 is 4.42 Å². The highest BCUT2D eigenvalue weighted by Gasteiger charge is 2.12. The molecule has 0 atom stereocenters. The molecule has 100 valence electrons. The Labute approximate surface area is 118 Å². The maximum absolute atomic E-state index is 5.82. The van der Waals surface area contributed by atoms with Gasteiger partial charge in [-0.05, 0) is 24.6 Å². The summed E-state index contributed by atoms with van der Waals surface area (Å²) in [6.07, 6.45) is 0.698. The van der Waals surface area contributed by atoms with Crippen LogP contribution in [0.5, 0.6) is 0 Å². The maximum atomic E-state index is 5.82. The largest absolute Gasteiger partial charge is 0.445 e. The topological polar surface area (TPSA) is 52.0 Å². The molecular weight excluding hydrogens is 248 g/mol. The lowest BCUT2D eigenvalue weighted by Crippen LogP contribution is -1.89. The van der Waals surface area contributed by atoms with Gasteiger partial charge in [-0.2, -0.15) is 0 Å². The van der Waals surface area contributed by atoms with Crippen molar-refractivity contribution >= 4 is 5.69 Å². The summed E-state index contributed by atoms with van der Waals surface area (Å²) in [6.45, 7) is 1.93. The number of oxazole rings is 1. The van der Waals surface area contributed by atoms with Crippen LogP contribution in [-0.4, -0.2) is 4.98 Å². The second-order valence-electron chi connectivity index (χ2n) is 4.80. The molecule has 20 heavy (non-hydrogen) atoms. The fraction of sp³-hybridized carbons (Fsp3) is 0.118. The number of rotatable bonds is 3. The van der Waals surface area contributed by atoms with Gasteiger partial charge in [0.1, 0.15) is 11.5 Å². The van der Waals surface area contributed by atoms with Crippen molar-refractivity contribution in [2.45, 2.75) is 13.3 Å². The third kappa shape index (κ3) is 2.57. The van der Waals surface area contributed by atoms with E-state index in [1.807, 2.05) is 49.4 Å². The summed E-state index contributed by atoms with van der Waals surface area (Å²) in [5.41, 5.74) is 9.59. The van der Waals surface area contributed by atoms with Gasteiger partial charge in [-0.3, -0.25) is 0 Å². The maximum Gasteiger partial charge on any atom is 0.199 e. The lowest BCUT2D eigenvalue weighted by molar-refractivity contribution is 0.482. The van der Waals surface area contributed by atoms with Crippen LogP contribution < -0.4 is 5.73 Å². The Kier molecular flexibility index (Phi) is 3.25. The minimum Gasteiger partial charge on any atom is -0.445 e. The summed E-state index contributed by atoms with van der Waals surface area (Å²) in [4.78, 5) is 4.59. The van der Waals surface area contributed by atoms with E-state index in [1.165, 1.54) is 5.56 Å². The zero-order valence-corrected chi connectivity index (χ0v) is 11.3. The molecule has 3 nitrogen and oxygen atoms in total. The fourth-order valence-corrected chi connectivity index (χ4v) is 2.25. The first-order valence-electron chi connectivity index (χ1n) is 6.58. The van der Waals surface area contributed by atoms with E-state index in [-0.39, 0.29) is 0 Å². The Balaban J connectivity index is 1.91. The highest BCUT2D eigenvalue weighted by molar-refractivity contribution is 5.65. The van der Waals surface area contributed by atoms with Gasteiger partial charge in [0.25, 0.3) is 0 Å². The molecule has 0 radical (unpaired) electrons. The van der Waals surface area contributed by atoms with Gasteiger partial charge >= 0.3 is 0 Å². The number of anilines is 1. The average molecular weight is 264 g/mol. The Hall–Kier alpha value is -2.55. The molecule has 0 aliphatic heterocycles. The SMILES string of the molecule is Cc1oc(Cc2ccccc2)nc1-c1cccc(N)c1. The smallest absolute Gasteiger partial charge is 0.199 e. The predicted molar refractivity (Wildman–Crippen MR) is 80.3 cm³/mol. The van der Waals surface area contributed by atoms with Crippen molar-refractivity contribution in [3.63, 3.8) is 0 Å². The second kappa shape index (κ2) is 5.21. The molecule has 3 rings (SSSR count). The van der Waals surface area contributed by atoms with Gasteiger partial charge in [-0.1, -0.05) is 42.5 Å². The Morgan fingerprint density at radius 3 is 2.60 bits per heavy atom. The van der Waals surface area contributed by atoms with Crippen LogP contribution in [0.2, 0.25) is 0 Å². The van der Waals surface area contributed by atoms with Crippen LogP contribution >= 0.6 is 0 Å². The van der Waals surface area contributed by atoms with E-state index < -0.39 is 0 Å². The molecule has 3 aromatic rings. The summed E-state index contributed by atoms with van der Waals surface area (Å²) >= 11 is 0. The van der Waals surface area contributed by atoms with Crippen LogP contribution in [0.4, 0.5) is 5.69 Å². The van der Waals surface area contributed by atoms with E-state index in [0.717, 1.165) is 28.6 Å². The number of nitrogens with two attached hydrogens (primary N) is 1. The van der Waals surface area contributed by atoms with Crippen LogP contribution in [0.3, 0.4) is 0 Å². The number of benzene rings is 2. The lowest BCUT2D eigenvalue weighted by atomic mass is 10.1. The van der Waals surface area contributed by atoms with Gasteiger partial charge in [0.2, 0.25) is 0 Å². The predicted octanol–water partition coefficient (Wildman–Crippen LogP) is 3.82. The third-order valence-electron chi connectivity index (χ3n) is 3.20. The highest BCUT2D eigenvalue weighted by atomic mass is 16.4. The van der Waals surface area contributed by atoms with Crippen molar-refractivity contribution in [3.05, 3.63) is 71.8 Å². The minimum absolute atomic E-state index is 0.698. The van der Waals surface area contributed by atoms with Crippen molar-refractivity contribution in [1.29, 1.82) is 0 Å². The summed E-state index contributed by atoms with van der Waals surface area (Å²) in [7, 11) is 0. The molecule has 0 aliphatic carbocycles. The molecule has 0 aliphatic rings. The molecule has 0 spiro atoms. The molecule has 0 fully saturated rings. The Morgan fingerprint density at radius 2 is 1.85 bits per heavy atom. The second-order valence-corrected chi connectivity index (χ2v) is 4.80.